The lowest BCUT2D eigenvalue weighted by Gasteiger charge is -2.41. The van der Waals surface area contributed by atoms with Crippen molar-refractivity contribution < 1.29 is 24.3 Å². The third-order valence-corrected chi connectivity index (χ3v) is 6.88. The van der Waals surface area contributed by atoms with Crippen LogP contribution in [-0.2, 0) is 19.8 Å². The maximum absolute atomic E-state index is 12.8. The molecule has 0 bridgehead atoms. The number of urea groups is 1. The van der Waals surface area contributed by atoms with Gasteiger partial charge in [-0.1, -0.05) is 30.3 Å². The van der Waals surface area contributed by atoms with E-state index < -0.39 is 6.03 Å². The summed E-state index contributed by atoms with van der Waals surface area (Å²) in [5, 5.41) is 11.4. The van der Waals surface area contributed by atoms with Gasteiger partial charge in [-0.2, -0.15) is 0 Å². The van der Waals surface area contributed by atoms with Crippen molar-refractivity contribution >= 4 is 40.6 Å². The van der Waals surface area contributed by atoms with Crippen LogP contribution in [0.25, 0.3) is 4.96 Å². The second-order valence-electron chi connectivity index (χ2n) is 7.79. The van der Waals surface area contributed by atoms with E-state index in [0.29, 0.717) is 13.1 Å². The number of thiazole rings is 1. The van der Waals surface area contributed by atoms with Gasteiger partial charge in [-0.05, 0) is 18.4 Å². The number of piperidine rings is 1. The summed E-state index contributed by atoms with van der Waals surface area (Å²) in [7, 11) is 0. The van der Waals surface area contributed by atoms with Gasteiger partial charge in [-0.15, -0.1) is 11.3 Å². The van der Waals surface area contributed by atoms with Crippen LogP contribution in [0.15, 0.2) is 48.1 Å². The van der Waals surface area contributed by atoms with Crippen molar-refractivity contribution in [2.45, 2.75) is 18.3 Å². The molecule has 2 aliphatic rings. The molecule has 0 aliphatic carbocycles. The number of aromatic nitrogens is 2. The molecule has 10 nitrogen and oxygen atoms in total. The highest BCUT2D eigenvalue weighted by atomic mass is 32.1. The van der Waals surface area contributed by atoms with Crippen molar-refractivity contribution in [3.63, 3.8) is 0 Å². The van der Waals surface area contributed by atoms with Gasteiger partial charge < -0.3 is 15.3 Å². The number of carbonyl (C=O) groups is 4. The maximum atomic E-state index is 12.8. The Hall–Kier alpha value is -3.73. The van der Waals surface area contributed by atoms with Gasteiger partial charge in [0.25, 0.3) is 12.4 Å². The number of nitrogens with zero attached hydrogens (tertiary/aromatic N) is 4. The molecule has 0 saturated carbocycles. The Morgan fingerprint density at radius 3 is 2.52 bits per heavy atom. The topological polar surface area (TPSA) is 124 Å². The molecule has 33 heavy (non-hydrogen) atoms. The van der Waals surface area contributed by atoms with Crippen LogP contribution in [0.4, 0.5) is 4.79 Å². The zero-order valence-corrected chi connectivity index (χ0v) is 18.5. The number of carboxylic acid groups (broad SMARTS) is 1. The second-order valence-corrected chi connectivity index (χ2v) is 8.66. The largest absolute Gasteiger partial charge is 0.483 e. The van der Waals surface area contributed by atoms with Crippen molar-refractivity contribution in [3.8, 4) is 0 Å². The molecule has 2 saturated heterocycles. The molecule has 2 N–H and O–H groups in total. The average Bonchev–Trinajstić information content (AvgIpc) is 3.52. The fourth-order valence-electron chi connectivity index (χ4n) is 4.40. The van der Waals surface area contributed by atoms with Crippen molar-refractivity contribution in [2.24, 2.45) is 0 Å². The molecule has 2 fully saturated rings. The molecule has 0 radical (unpaired) electrons. The molecule has 3 aromatic rings. The van der Waals surface area contributed by atoms with E-state index >= 15 is 0 Å². The van der Waals surface area contributed by atoms with Crippen molar-refractivity contribution in [1.82, 2.24) is 24.5 Å². The van der Waals surface area contributed by atoms with Crippen LogP contribution in [0, 0.1) is 0 Å². The monoisotopic (exact) mass is 469 g/mol. The quantitative estimate of drug-likeness (QED) is 0.441. The van der Waals surface area contributed by atoms with E-state index in [1.807, 2.05) is 34.2 Å². The molecule has 172 valence electrons. The molecule has 0 atom stereocenters. The van der Waals surface area contributed by atoms with Crippen LogP contribution in [0.5, 0.6) is 0 Å². The SMILES string of the molecule is O=C(CN1C(=O)CNC1=O)N1CCC(c2ccccc2)(c2cn3ccsc3n2)CC1.O=CO. The smallest absolute Gasteiger partial charge is 0.325 e. The standard InChI is InChI=1S/C21H21N5O3S.CH2O2/c27-17-12-22-19(29)26(17)14-18(28)24-8-6-21(7-9-24,15-4-2-1-3-5-15)16-13-25-10-11-30-20(25)23-16;2-1-3/h1-5,10-11,13H,6-9,12,14H2,(H,22,29);1H,(H,2,3). The second kappa shape index (κ2) is 9.41. The molecule has 11 heteroatoms. The normalized spacial score (nSPS) is 17.5. The minimum absolute atomic E-state index is 0.0410. The van der Waals surface area contributed by atoms with Crippen molar-refractivity contribution in [2.75, 3.05) is 26.2 Å². The number of hydrogen-bond donors (Lipinski definition) is 2. The van der Waals surface area contributed by atoms with Crippen LogP contribution in [-0.4, -0.2) is 74.8 Å². The van der Waals surface area contributed by atoms with E-state index in [1.165, 1.54) is 5.56 Å². The van der Waals surface area contributed by atoms with Crippen molar-refractivity contribution in [3.05, 3.63) is 59.4 Å². The number of rotatable bonds is 4. The number of nitrogens with one attached hydrogen (secondary N) is 1. The number of likely N-dealkylation sites (tertiary alicyclic amines) is 1. The summed E-state index contributed by atoms with van der Waals surface area (Å²) in [6.45, 7) is 0.592. The van der Waals surface area contributed by atoms with Crippen molar-refractivity contribution in [1.29, 1.82) is 0 Å². The summed E-state index contributed by atoms with van der Waals surface area (Å²) in [5.74, 6) is -0.560. The summed E-state index contributed by atoms with van der Waals surface area (Å²) in [6.07, 6.45) is 5.55. The average molecular weight is 470 g/mol. The maximum Gasteiger partial charge on any atom is 0.325 e. The lowest BCUT2D eigenvalue weighted by molar-refractivity contribution is -0.137. The Morgan fingerprint density at radius 1 is 1.21 bits per heavy atom. The molecule has 0 spiro atoms. The van der Waals surface area contributed by atoms with Crippen LogP contribution in [0.2, 0.25) is 0 Å². The molecule has 2 aliphatic heterocycles. The molecule has 4 amide bonds. The first-order valence-corrected chi connectivity index (χ1v) is 11.3. The van der Waals surface area contributed by atoms with E-state index in [4.69, 9.17) is 14.9 Å². The third kappa shape index (κ3) is 4.31. The minimum Gasteiger partial charge on any atom is -0.483 e. The van der Waals surface area contributed by atoms with Crippen LogP contribution < -0.4 is 5.32 Å². The Labute approximate surface area is 193 Å². The molecule has 5 rings (SSSR count). The number of imide groups is 1. The Bertz CT molecular complexity index is 1120. The lowest BCUT2D eigenvalue weighted by Crippen LogP contribution is -2.49. The molecule has 4 heterocycles. The predicted octanol–water partition coefficient (Wildman–Crippen LogP) is 1.56. The fourth-order valence-corrected chi connectivity index (χ4v) is 5.10. The van der Waals surface area contributed by atoms with Gasteiger partial charge in [0.05, 0.1) is 12.2 Å². The van der Waals surface area contributed by atoms with Gasteiger partial charge in [-0.3, -0.25) is 23.7 Å². The summed E-state index contributed by atoms with van der Waals surface area (Å²) >= 11 is 1.60. The van der Waals surface area contributed by atoms with E-state index in [9.17, 15) is 14.4 Å². The molecule has 2 aromatic heterocycles. The first-order chi connectivity index (χ1) is 16.0. The molecular formula is C22H23N5O5S. The fraction of sp³-hybridized carbons (Fsp3) is 0.318. The van der Waals surface area contributed by atoms with Crippen LogP contribution in [0.1, 0.15) is 24.1 Å². The predicted molar refractivity (Wildman–Crippen MR) is 120 cm³/mol. The van der Waals surface area contributed by atoms with Gasteiger partial charge >= 0.3 is 6.03 Å². The van der Waals surface area contributed by atoms with E-state index in [-0.39, 0.29) is 36.8 Å². The molecule has 0 unspecified atom stereocenters. The highest BCUT2D eigenvalue weighted by molar-refractivity contribution is 7.15. The number of hydrogen-bond acceptors (Lipinski definition) is 6. The lowest BCUT2D eigenvalue weighted by atomic mass is 9.70. The van der Waals surface area contributed by atoms with Gasteiger partial charge in [0.15, 0.2) is 4.96 Å². The number of fused-ring (bicyclic) bond motifs is 1. The highest BCUT2D eigenvalue weighted by Gasteiger charge is 2.41. The van der Waals surface area contributed by atoms with E-state index in [0.717, 1.165) is 28.4 Å². The first-order valence-electron chi connectivity index (χ1n) is 10.4. The number of carbonyl (C=O) groups excluding carboxylic acids is 3. The van der Waals surface area contributed by atoms with Gasteiger partial charge in [0.2, 0.25) is 5.91 Å². The zero-order valence-electron chi connectivity index (χ0n) is 17.7. The van der Waals surface area contributed by atoms with E-state index in [2.05, 4.69) is 23.6 Å². The van der Waals surface area contributed by atoms with Gasteiger partial charge in [-0.25, -0.2) is 9.78 Å². The first kappa shape index (κ1) is 22.5. The van der Waals surface area contributed by atoms with Gasteiger partial charge in [0, 0.05) is 36.3 Å². The number of benzene rings is 1. The molecule has 1 aromatic carbocycles. The number of amides is 4. The minimum atomic E-state index is -0.498. The summed E-state index contributed by atoms with van der Waals surface area (Å²) < 4.78 is 2.04. The summed E-state index contributed by atoms with van der Waals surface area (Å²) in [4.78, 5) is 53.3. The Balaban J connectivity index is 0.000000821. The summed E-state index contributed by atoms with van der Waals surface area (Å²) in [6, 6.07) is 9.81. The molecular weight excluding hydrogens is 446 g/mol. The van der Waals surface area contributed by atoms with Crippen LogP contribution in [0.3, 0.4) is 0 Å². The third-order valence-electron chi connectivity index (χ3n) is 6.11. The van der Waals surface area contributed by atoms with Gasteiger partial charge in [0.1, 0.15) is 6.54 Å². The summed E-state index contributed by atoms with van der Waals surface area (Å²) in [5.41, 5.74) is 1.93. The zero-order chi connectivity index (χ0) is 23.4. The van der Waals surface area contributed by atoms with Crippen LogP contribution >= 0.6 is 11.3 Å². The highest BCUT2D eigenvalue weighted by Crippen LogP contribution is 2.41. The number of imidazole rings is 1. The Morgan fingerprint density at radius 2 is 1.91 bits per heavy atom. The Kier molecular flexibility index (Phi) is 6.40. The van der Waals surface area contributed by atoms with E-state index in [1.54, 1.807) is 16.2 Å².